The monoisotopic (exact) mass is 280 g/mol. The average Bonchev–Trinajstić information content (AvgIpc) is 2.45. The van der Waals surface area contributed by atoms with Gasteiger partial charge in [0.25, 0.3) is 0 Å². The zero-order valence-electron chi connectivity index (χ0n) is 12.0. The van der Waals surface area contributed by atoms with Crippen LogP contribution in [-0.2, 0) is 9.59 Å². The fraction of sp³-hybridized carbons (Fsp3) is 0.733. The van der Waals surface area contributed by atoms with Gasteiger partial charge < -0.3 is 15.3 Å². The lowest BCUT2D eigenvalue weighted by Gasteiger charge is -2.31. The molecule has 1 unspecified atom stereocenters. The molecular weight excluding hydrogens is 256 g/mol. The molecule has 0 radical (unpaired) electrons. The second-order valence-electron chi connectivity index (χ2n) is 6.01. The number of carbonyl (C=O) groups excluding carboxylic acids is 1. The minimum absolute atomic E-state index is 0.102. The van der Waals surface area contributed by atoms with E-state index in [0.717, 1.165) is 19.5 Å². The molecule has 2 aliphatic rings. The normalized spacial score (nSPS) is 30.9. The number of hydrogen-bond acceptors (Lipinski definition) is 3. The van der Waals surface area contributed by atoms with Crippen LogP contribution in [0.2, 0.25) is 0 Å². The van der Waals surface area contributed by atoms with Crippen LogP contribution in [0, 0.1) is 17.8 Å². The third-order valence-electron chi connectivity index (χ3n) is 4.37. The number of carboxylic acid groups (broad SMARTS) is 1. The van der Waals surface area contributed by atoms with Crippen molar-refractivity contribution < 1.29 is 14.7 Å². The lowest BCUT2D eigenvalue weighted by molar-refractivity contribution is -0.147. The minimum Gasteiger partial charge on any atom is -0.481 e. The summed E-state index contributed by atoms with van der Waals surface area (Å²) in [5.74, 6) is -1.48. The molecule has 20 heavy (non-hydrogen) atoms. The summed E-state index contributed by atoms with van der Waals surface area (Å²) >= 11 is 0. The van der Waals surface area contributed by atoms with E-state index in [0.29, 0.717) is 25.3 Å². The number of likely N-dealkylation sites (tertiary alicyclic amines) is 1. The molecule has 0 aromatic rings. The van der Waals surface area contributed by atoms with E-state index >= 15 is 0 Å². The third kappa shape index (κ3) is 3.82. The van der Waals surface area contributed by atoms with E-state index < -0.39 is 17.8 Å². The predicted octanol–water partition coefficient (Wildman–Crippen LogP) is 1.11. The van der Waals surface area contributed by atoms with Crippen molar-refractivity contribution in [1.82, 2.24) is 10.2 Å². The number of nitrogens with one attached hydrogen (secondary N) is 1. The van der Waals surface area contributed by atoms with Crippen LogP contribution in [0.5, 0.6) is 0 Å². The van der Waals surface area contributed by atoms with E-state index in [1.807, 2.05) is 12.2 Å². The molecule has 5 heteroatoms. The number of carbonyl (C=O) groups is 2. The van der Waals surface area contributed by atoms with Gasteiger partial charge in [0.2, 0.25) is 5.91 Å². The average molecular weight is 280 g/mol. The van der Waals surface area contributed by atoms with E-state index in [2.05, 4.69) is 17.3 Å². The standard InChI is InChI=1S/C15H24N2O3/c1-17-8-4-5-11(10-17)9-16-14(18)12-6-2-3-7-13(12)15(19)20/h2-3,11-13H,4-10H2,1H3,(H,16,18)(H,19,20)/t11?,12-,13+/m1/s1. The SMILES string of the molecule is CN1CCCC(CNC(=O)[C@@H]2CC=CC[C@@H]2C(=O)O)C1. The molecule has 1 amide bonds. The summed E-state index contributed by atoms with van der Waals surface area (Å²) in [6.45, 7) is 2.79. The van der Waals surface area contributed by atoms with Gasteiger partial charge in [-0.1, -0.05) is 12.2 Å². The lowest BCUT2D eigenvalue weighted by Crippen LogP contribution is -2.43. The summed E-state index contributed by atoms with van der Waals surface area (Å²) in [6.07, 6.45) is 7.07. The number of nitrogens with zero attached hydrogens (tertiary/aromatic N) is 1. The molecule has 1 aliphatic carbocycles. The second-order valence-corrected chi connectivity index (χ2v) is 6.01. The van der Waals surface area contributed by atoms with Crippen LogP contribution < -0.4 is 5.32 Å². The zero-order valence-corrected chi connectivity index (χ0v) is 12.0. The Balaban J connectivity index is 1.84. The van der Waals surface area contributed by atoms with Gasteiger partial charge in [-0.15, -0.1) is 0 Å². The number of amides is 1. The first-order chi connectivity index (χ1) is 9.58. The lowest BCUT2D eigenvalue weighted by atomic mass is 9.82. The maximum atomic E-state index is 12.2. The predicted molar refractivity (Wildman–Crippen MR) is 76.2 cm³/mol. The summed E-state index contributed by atoms with van der Waals surface area (Å²) in [4.78, 5) is 25.7. The maximum Gasteiger partial charge on any atom is 0.307 e. The van der Waals surface area contributed by atoms with E-state index in [4.69, 9.17) is 0 Å². The van der Waals surface area contributed by atoms with Crippen LogP contribution in [-0.4, -0.2) is 48.6 Å². The van der Waals surface area contributed by atoms with Gasteiger partial charge in [0.05, 0.1) is 11.8 Å². The smallest absolute Gasteiger partial charge is 0.307 e. The van der Waals surface area contributed by atoms with Crippen LogP contribution in [0.25, 0.3) is 0 Å². The highest BCUT2D eigenvalue weighted by atomic mass is 16.4. The first-order valence-corrected chi connectivity index (χ1v) is 7.42. The van der Waals surface area contributed by atoms with E-state index in [-0.39, 0.29) is 5.91 Å². The van der Waals surface area contributed by atoms with Crippen molar-refractivity contribution in [2.24, 2.45) is 17.8 Å². The molecule has 1 heterocycles. The summed E-state index contributed by atoms with van der Waals surface area (Å²) in [7, 11) is 2.10. The first-order valence-electron chi connectivity index (χ1n) is 7.42. The van der Waals surface area contributed by atoms with Crippen LogP contribution in [0.3, 0.4) is 0 Å². The number of aliphatic carboxylic acids is 1. The van der Waals surface area contributed by atoms with Gasteiger partial charge in [0.15, 0.2) is 0 Å². The molecule has 112 valence electrons. The second kappa shape index (κ2) is 6.88. The fourth-order valence-corrected chi connectivity index (χ4v) is 3.19. The van der Waals surface area contributed by atoms with Gasteiger partial charge >= 0.3 is 5.97 Å². The Kier molecular flexibility index (Phi) is 5.17. The van der Waals surface area contributed by atoms with E-state index in [1.165, 1.54) is 6.42 Å². The Bertz CT molecular complexity index is 395. The van der Waals surface area contributed by atoms with Crippen LogP contribution >= 0.6 is 0 Å². The van der Waals surface area contributed by atoms with Crippen molar-refractivity contribution in [3.63, 3.8) is 0 Å². The summed E-state index contributed by atoms with van der Waals surface area (Å²) < 4.78 is 0. The topological polar surface area (TPSA) is 69.6 Å². The minimum atomic E-state index is -0.869. The van der Waals surface area contributed by atoms with Gasteiger partial charge in [-0.05, 0) is 45.2 Å². The van der Waals surface area contributed by atoms with Crippen LogP contribution in [0.4, 0.5) is 0 Å². The molecule has 2 rings (SSSR count). The number of piperidine rings is 1. The summed E-state index contributed by atoms with van der Waals surface area (Å²) in [5.41, 5.74) is 0. The van der Waals surface area contributed by atoms with Gasteiger partial charge in [0, 0.05) is 13.1 Å². The Morgan fingerprint density at radius 3 is 2.65 bits per heavy atom. The van der Waals surface area contributed by atoms with Crippen molar-refractivity contribution >= 4 is 11.9 Å². The largest absolute Gasteiger partial charge is 0.481 e. The number of hydrogen-bond donors (Lipinski definition) is 2. The zero-order chi connectivity index (χ0) is 14.5. The Morgan fingerprint density at radius 2 is 2.00 bits per heavy atom. The van der Waals surface area contributed by atoms with Gasteiger partial charge in [-0.25, -0.2) is 0 Å². The molecule has 1 fully saturated rings. The summed E-state index contributed by atoms with van der Waals surface area (Å²) in [6, 6.07) is 0. The van der Waals surface area contributed by atoms with Crippen molar-refractivity contribution in [1.29, 1.82) is 0 Å². The number of allylic oxidation sites excluding steroid dienone is 2. The third-order valence-corrected chi connectivity index (χ3v) is 4.37. The molecule has 1 aliphatic heterocycles. The fourth-order valence-electron chi connectivity index (χ4n) is 3.19. The van der Waals surface area contributed by atoms with Crippen LogP contribution in [0.15, 0.2) is 12.2 Å². The van der Waals surface area contributed by atoms with Crippen molar-refractivity contribution in [2.75, 3.05) is 26.7 Å². The molecular formula is C15H24N2O3. The quantitative estimate of drug-likeness (QED) is 0.757. The first kappa shape index (κ1) is 15.0. The van der Waals surface area contributed by atoms with Crippen molar-refractivity contribution in [3.05, 3.63) is 12.2 Å². The van der Waals surface area contributed by atoms with Gasteiger partial charge in [0.1, 0.15) is 0 Å². The molecule has 3 atom stereocenters. The Labute approximate surface area is 120 Å². The highest BCUT2D eigenvalue weighted by Crippen LogP contribution is 2.26. The van der Waals surface area contributed by atoms with E-state index in [9.17, 15) is 14.7 Å². The molecule has 0 saturated carbocycles. The molecule has 1 saturated heterocycles. The summed E-state index contributed by atoms with van der Waals surface area (Å²) in [5, 5.41) is 12.2. The molecule has 0 aromatic heterocycles. The van der Waals surface area contributed by atoms with Crippen molar-refractivity contribution in [3.8, 4) is 0 Å². The molecule has 0 bridgehead atoms. The van der Waals surface area contributed by atoms with E-state index in [1.54, 1.807) is 0 Å². The van der Waals surface area contributed by atoms with Crippen LogP contribution in [0.1, 0.15) is 25.7 Å². The molecule has 5 nitrogen and oxygen atoms in total. The highest BCUT2D eigenvalue weighted by Gasteiger charge is 2.34. The van der Waals surface area contributed by atoms with Crippen molar-refractivity contribution in [2.45, 2.75) is 25.7 Å². The number of carboxylic acids is 1. The highest BCUT2D eigenvalue weighted by molar-refractivity contribution is 5.85. The molecule has 2 N–H and O–H groups in total. The Hall–Kier alpha value is -1.36. The Morgan fingerprint density at radius 1 is 1.30 bits per heavy atom. The van der Waals surface area contributed by atoms with Gasteiger partial charge in [-0.2, -0.15) is 0 Å². The molecule has 0 spiro atoms. The van der Waals surface area contributed by atoms with Gasteiger partial charge in [-0.3, -0.25) is 9.59 Å². The molecule has 0 aromatic carbocycles. The number of rotatable bonds is 4. The maximum absolute atomic E-state index is 12.2.